The van der Waals surface area contributed by atoms with E-state index in [0.717, 1.165) is 6.04 Å². The minimum atomic E-state index is 0.750. The van der Waals surface area contributed by atoms with Crippen molar-refractivity contribution in [2.24, 2.45) is 0 Å². The maximum absolute atomic E-state index is 2.53. The summed E-state index contributed by atoms with van der Waals surface area (Å²) >= 11 is 1.96. The van der Waals surface area contributed by atoms with Gasteiger partial charge >= 0.3 is 0 Å². The Kier molecular flexibility index (Phi) is 5.54. The lowest BCUT2D eigenvalue weighted by Crippen LogP contribution is -2.45. The molecular formula is C15H24N2S. The molecule has 0 bridgehead atoms. The van der Waals surface area contributed by atoms with Crippen LogP contribution in [0.2, 0.25) is 0 Å². The van der Waals surface area contributed by atoms with Gasteiger partial charge in [0, 0.05) is 29.8 Å². The fourth-order valence-electron chi connectivity index (χ4n) is 2.51. The third-order valence-electron chi connectivity index (χ3n) is 3.68. The van der Waals surface area contributed by atoms with Crippen molar-refractivity contribution in [3.05, 3.63) is 30.3 Å². The molecule has 1 fully saturated rings. The number of hydrogen-bond donors (Lipinski definition) is 0. The van der Waals surface area contributed by atoms with Gasteiger partial charge in [-0.05, 0) is 45.6 Å². The second-order valence-electron chi connectivity index (χ2n) is 5.20. The number of thioether (sulfide) groups is 1. The van der Waals surface area contributed by atoms with Crippen LogP contribution in [0.5, 0.6) is 0 Å². The van der Waals surface area contributed by atoms with Gasteiger partial charge in [-0.15, -0.1) is 11.8 Å². The lowest BCUT2D eigenvalue weighted by molar-refractivity contribution is 0.140. The van der Waals surface area contributed by atoms with Gasteiger partial charge in [0.2, 0.25) is 0 Å². The molecule has 3 heteroatoms. The molecule has 1 saturated heterocycles. The highest BCUT2D eigenvalue weighted by Gasteiger charge is 2.20. The zero-order valence-corrected chi connectivity index (χ0v) is 12.3. The van der Waals surface area contributed by atoms with E-state index in [1.807, 2.05) is 11.8 Å². The molecule has 1 atom stereocenters. The number of rotatable bonds is 5. The van der Waals surface area contributed by atoms with E-state index < -0.39 is 0 Å². The predicted octanol–water partition coefficient (Wildman–Crippen LogP) is 2.80. The van der Waals surface area contributed by atoms with Gasteiger partial charge in [-0.2, -0.15) is 0 Å². The van der Waals surface area contributed by atoms with Crippen LogP contribution >= 0.6 is 11.8 Å². The number of benzene rings is 1. The number of likely N-dealkylation sites (tertiary alicyclic amines) is 1. The zero-order chi connectivity index (χ0) is 12.8. The van der Waals surface area contributed by atoms with Crippen LogP contribution in [0.25, 0.3) is 0 Å². The molecule has 0 aromatic heterocycles. The average Bonchev–Trinajstić information content (AvgIpc) is 2.40. The molecule has 1 aliphatic rings. The monoisotopic (exact) mass is 264 g/mol. The van der Waals surface area contributed by atoms with Crippen LogP contribution in [0.4, 0.5) is 0 Å². The molecule has 0 radical (unpaired) electrons. The number of likely N-dealkylation sites (N-methyl/N-ethyl adjacent to an activating group) is 2. The molecule has 1 heterocycles. The van der Waals surface area contributed by atoms with Gasteiger partial charge in [0.15, 0.2) is 0 Å². The van der Waals surface area contributed by atoms with Crippen molar-refractivity contribution in [2.75, 3.05) is 39.5 Å². The van der Waals surface area contributed by atoms with Crippen molar-refractivity contribution in [1.29, 1.82) is 0 Å². The van der Waals surface area contributed by atoms with Crippen LogP contribution in [0.3, 0.4) is 0 Å². The molecule has 100 valence electrons. The Morgan fingerprint density at radius 2 is 2.11 bits per heavy atom. The standard InChI is InChI=1S/C15H24N2S/c1-16-10-6-7-14(13-16)17(2)11-12-18-15-8-4-3-5-9-15/h3-5,8-9,14H,6-7,10-13H2,1-2H3. The third-order valence-corrected chi connectivity index (χ3v) is 4.67. The summed E-state index contributed by atoms with van der Waals surface area (Å²) in [6, 6.07) is 11.4. The molecule has 1 aromatic rings. The summed E-state index contributed by atoms with van der Waals surface area (Å²) in [5.41, 5.74) is 0. The van der Waals surface area contributed by atoms with Crippen LogP contribution in [0, 0.1) is 0 Å². The molecule has 18 heavy (non-hydrogen) atoms. The van der Waals surface area contributed by atoms with E-state index in [-0.39, 0.29) is 0 Å². The van der Waals surface area contributed by atoms with Crippen molar-refractivity contribution in [3.63, 3.8) is 0 Å². The van der Waals surface area contributed by atoms with Gasteiger partial charge in [-0.1, -0.05) is 18.2 Å². The summed E-state index contributed by atoms with van der Waals surface area (Å²) in [7, 11) is 4.51. The van der Waals surface area contributed by atoms with Gasteiger partial charge in [0.1, 0.15) is 0 Å². The first-order valence-electron chi connectivity index (χ1n) is 6.82. The van der Waals surface area contributed by atoms with Gasteiger partial charge in [0.25, 0.3) is 0 Å². The van der Waals surface area contributed by atoms with Gasteiger partial charge in [-0.25, -0.2) is 0 Å². The molecule has 2 rings (SSSR count). The van der Waals surface area contributed by atoms with Gasteiger partial charge in [-0.3, -0.25) is 0 Å². The van der Waals surface area contributed by atoms with E-state index in [9.17, 15) is 0 Å². The molecule has 0 aliphatic carbocycles. The van der Waals surface area contributed by atoms with Crippen molar-refractivity contribution >= 4 is 11.8 Å². The Morgan fingerprint density at radius 1 is 1.33 bits per heavy atom. The second-order valence-corrected chi connectivity index (χ2v) is 6.37. The summed E-state index contributed by atoms with van der Waals surface area (Å²) in [5, 5.41) is 0. The van der Waals surface area contributed by atoms with Gasteiger partial charge in [0.05, 0.1) is 0 Å². The van der Waals surface area contributed by atoms with Crippen molar-refractivity contribution in [2.45, 2.75) is 23.8 Å². The third kappa shape index (κ3) is 4.30. The Balaban J connectivity index is 1.70. The van der Waals surface area contributed by atoms with Crippen LogP contribution in [-0.2, 0) is 0 Å². The van der Waals surface area contributed by atoms with Crippen molar-refractivity contribution in [3.8, 4) is 0 Å². The van der Waals surface area contributed by atoms with E-state index in [1.54, 1.807) is 0 Å². The Hall–Kier alpha value is -0.510. The maximum atomic E-state index is 2.53. The molecule has 1 aliphatic heterocycles. The fraction of sp³-hybridized carbons (Fsp3) is 0.600. The first-order valence-corrected chi connectivity index (χ1v) is 7.81. The molecular weight excluding hydrogens is 240 g/mol. The maximum Gasteiger partial charge on any atom is 0.0220 e. The zero-order valence-electron chi connectivity index (χ0n) is 11.5. The Bertz CT molecular complexity index is 342. The fourth-order valence-corrected chi connectivity index (χ4v) is 3.47. The lowest BCUT2D eigenvalue weighted by Gasteiger charge is -2.35. The van der Waals surface area contributed by atoms with E-state index in [4.69, 9.17) is 0 Å². The van der Waals surface area contributed by atoms with Gasteiger partial charge < -0.3 is 9.80 Å². The summed E-state index contributed by atoms with van der Waals surface area (Å²) in [4.78, 5) is 6.37. The van der Waals surface area contributed by atoms with Crippen LogP contribution < -0.4 is 0 Å². The minimum Gasteiger partial charge on any atom is -0.305 e. The molecule has 0 N–H and O–H groups in total. The Labute approximate surface area is 115 Å². The summed E-state index contributed by atoms with van der Waals surface area (Å²) in [6.07, 6.45) is 2.70. The molecule has 1 unspecified atom stereocenters. The largest absolute Gasteiger partial charge is 0.305 e. The van der Waals surface area contributed by atoms with Crippen LogP contribution in [0.15, 0.2) is 35.2 Å². The lowest BCUT2D eigenvalue weighted by atomic mass is 10.1. The topological polar surface area (TPSA) is 6.48 Å². The van der Waals surface area contributed by atoms with E-state index in [2.05, 4.69) is 54.2 Å². The molecule has 0 amide bonds. The predicted molar refractivity (Wildman–Crippen MR) is 80.3 cm³/mol. The molecule has 0 saturated carbocycles. The highest BCUT2D eigenvalue weighted by Crippen LogP contribution is 2.18. The molecule has 1 aromatic carbocycles. The first-order chi connectivity index (χ1) is 8.75. The first kappa shape index (κ1) is 13.9. The quantitative estimate of drug-likeness (QED) is 0.755. The Morgan fingerprint density at radius 3 is 2.83 bits per heavy atom. The highest BCUT2D eigenvalue weighted by atomic mass is 32.2. The van der Waals surface area contributed by atoms with E-state index in [0.29, 0.717) is 0 Å². The summed E-state index contributed by atoms with van der Waals surface area (Å²) < 4.78 is 0. The van der Waals surface area contributed by atoms with Crippen LogP contribution in [-0.4, -0.2) is 55.3 Å². The average molecular weight is 264 g/mol. The number of piperidine rings is 1. The number of hydrogen-bond acceptors (Lipinski definition) is 3. The van der Waals surface area contributed by atoms with Crippen molar-refractivity contribution in [1.82, 2.24) is 9.80 Å². The SMILES string of the molecule is CN1CCCC(N(C)CCSc2ccccc2)C1. The minimum absolute atomic E-state index is 0.750. The van der Waals surface area contributed by atoms with Crippen LogP contribution in [0.1, 0.15) is 12.8 Å². The smallest absolute Gasteiger partial charge is 0.0220 e. The van der Waals surface area contributed by atoms with Crippen molar-refractivity contribution < 1.29 is 0 Å². The molecule has 2 nitrogen and oxygen atoms in total. The normalized spacial score (nSPS) is 21.4. The summed E-state index contributed by atoms with van der Waals surface area (Å²) in [5.74, 6) is 1.18. The number of nitrogens with zero attached hydrogens (tertiary/aromatic N) is 2. The van der Waals surface area contributed by atoms with E-state index >= 15 is 0 Å². The highest BCUT2D eigenvalue weighted by molar-refractivity contribution is 7.99. The second kappa shape index (κ2) is 7.17. The molecule has 0 spiro atoms. The van der Waals surface area contributed by atoms with E-state index in [1.165, 1.54) is 43.1 Å². The summed E-state index contributed by atoms with van der Waals surface area (Å²) in [6.45, 7) is 3.67.